The summed E-state index contributed by atoms with van der Waals surface area (Å²) in [7, 11) is 1.89. The third-order valence-corrected chi connectivity index (χ3v) is 4.50. The Bertz CT molecular complexity index is 599. The summed E-state index contributed by atoms with van der Waals surface area (Å²) in [6.45, 7) is 2.44. The van der Waals surface area contributed by atoms with E-state index in [1.165, 1.54) is 0 Å². The van der Waals surface area contributed by atoms with Gasteiger partial charge in [0.15, 0.2) is 0 Å². The van der Waals surface area contributed by atoms with E-state index in [9.17, 15) is 0 Å². The zero-order chi connectivity index (χ0) is 14.0. The average molecular weight is 364 g/mol. The first-order valence-corrected chi connectivity index (χ1v) is 7.36. The van der Waals surface area contributed by atoms with Gasteiger partial charge in [0.25, 0.3) is 0 Å². The maximum atomic E-state index is 6.08. The predicted molar refractivity (Wildman–Crippen MR) is 81.1 cm³/mol. The fourth-order valence-corrected chi connectivity index (χ4v) is 2.80. The van der Waals surface area contributed by atoms with Crippen LogP contribution in [0.1, 0.15) is 18.3 Å². The van der Waals surface area contributed by atoms with E-state index in [4.69, 9.17) is 27.9 Å². The van der Waals surface area contributed by atoms with Crippen molar-refractivity contribution in [3.8, 4) is 5.75 Å². The van der Waals surface area contributed by atoms with Crippen molar-refractivity contribution in [2.45, 2.75) is 20.0 Å². The first kappa shape index (κ1) is 14.7. The molecule has 0 fully saturated rings. The van der Waals surface area contributed by atoms with Crippen molar-refractivity contribution >= 4 is 39.1 Å². The van der Waals surface area contributed by atoms with Crippen molar-refractivity contribution in [3.63, 3.8) is 0 Å². The number of hydrogen-bond donors (Lipinski definition) is 0. The molecule has 19 heavy (non-hydrogen) atoms. The van der Waals surface area contributed by atoms with E-state index >= 15 is 0 Å². The molecule has 0 bridgehead atoms. The highest BCUT2D eigenvalue weighted by Crippen LogP contribution is 2.32. The molecule has 0 aliphatic rings. The Labute approximate surface area is 130 Å². The van der Waals surface area contributed by atoms with E-state index in [2.05, 4.69) is 28.0 Å². The summed E-state index contributed by atoms with van der Waals surface area (Å²) in [4.78, 5) is 0. The van der Waals surface area contributed by atoms with Crippen LogP contribution in [0.2, 0.25) is 10.0 Å². The van der Waals surface area contributed by atoms with E-state index in [-0.39, 0.29) is 0 Å². The Morgan fingerprint density at radius 2 is 2.11 bits per heavy atom. The van der Waals surface area contributed by atoms with Crippen LogP contribution in [-0.4, -0.2) is 9.78 Å². The predicted octanol–water partition coefficient (Wildman–Crippen LogP) is 4.63. The summed E-state index contributed by atoms with van der Waals surface area (Å²) in [5.74, 6) is 0.570. The SMILES string of the molecule is CCc1nn(C)c(COc2cccc(Cl)c2Cl)c1Br. The second-order valence-electron chi connectivity index (χ2n) is 4.03. The van der Waals surface area contributed by atoms with Crippen LogP contribution in [-0.2, 0) is 20.1 Å². The molecule has 0 saturated carbocycles. The van der Waals surface area contributed by atoms with Crippen LogP contribution < -0.4 is 4.74 Å². The van der Waals surface area contributed by atoms with Gasteiger partial charge in [-0.1, -0.05) is 36.2 Å². The minimum atomic E-state index is 0.379. The smallest absolute Gasteiger partial charge is 0.140 e. The van der Waals surface area contributed by atoms with Gasteiger partial charge in [0.05, 0.1) is 20.9 Å². The topological polar surface area (TPSA) is 27.1 Å². The highest BCUT2D eigenvalue weighted by Gasteiger charge is 2.14. The highest BCUT2D eigenvalue weighted by molar-refractivity contribution is 9.10. The molecular formula is C13H13BrCl2N2O. The van der Waals surface area contributed by atoms with Crippen LogP contribution in [0.25, 0.3) is 0 Å². The van der Waals surface area contributed by atoms with Crippen molar-refractivity contribution in [2.75, 3.05) is 0 Å². The zero-order valence-corrected chi connectivity index (χ0v) is 13.7. The van der Waals surface area contributed by atoms with Crippen LogP contribution in [0.4, 0.5) is 0 Å². The fraction of sp³-hybridized carbons (Fsp3) is 0.308. The molecule has 0 N–H and O–H groups in total. The lowest BCUT2D eigenvalue weighted by Crippen LogP contribution is -2.04. The quantitative estimate of drug-likeness (QED) is 0.791. The van der Waals surface area contributed by atoms with Gasteiger partial charge in [0.2, 0.25) is 0 Å². The number of nitrogens with zero attached hydrogens (tertiary/aromatic N) is 2. The minimum absolute atomic E-state index is 0.379. The van der Waals surface area contributed by atoms with Gasteiger partial charge >= 0.3 is 0 Å². The average Bonchev–Trinajstić information content (AvgIpc) is 2.66. The molecule has 0 aliphatic carbocycles. The van der Waals surface area contributed by atoms with Gasteiger partial charge in [-0.2, -0.15) is 5.10 Å². The third kappa shape index (κ3) is 3.07. The summed E-state index contributed by atoms with van der Waals surface area (Å²) < 4.78 is 8.50. The second kappa shape index (κ2) is 6.16. The molecule has 1 heterocycles. The molecule has 0 radical (unpaired) electrons. The van der Waals surface area contributed by atoms with E-state index in [0.29, 0.717) is 22.4 Å². The van der Waals surface area contributed by atoms with Gasteiger partial charge < -0.3 is 4.74 Å². The lowest BCUT2D eigenvalue weighted by molar-refractivity contribution is 0.294. The number of aryl methyl sites for hydroxylation is 2. The van der Waals surface area contributed by atoms with Gasteiger partial charge in [0, 0.05) is 7.05 Å². The van der Waals surface area contributed by atoms with Crippen molar-refractivity contribution < 1.29 is 4.74 Å². The molecule has 1 aromatic carbocycles. The third-order valence-electron chi connectivity index (χ3n) is 2.78. The minimum Gasteiger partial charge on any atom is -0.486 e. The number of aromatic nitrogens is 2. The normalized spacial score (nSPS) is 10.8. The lowest BCUT2D eigenvalue weighted by atomic mass is 10.3. The summed E-state index contributed by atoms with van der Waals surface area (Å²) in [6.07, 6.45) is 0.867. The molecule has 1 aromatic heterocycles. The number of benzene rings is 1. The van der Waals surface area contributed by atoms with Crippen LogP contribution >= 0.6 is 39.1 Å². The Hall–Kier alpha value is -0.710. The number of hydrogen-bond acceptors (Lipinski definition) is 2. The largest absolute Gasteiger partial charge is 0.486 e. The zero-order valence-electron chi connectivity index (χ0n) is 10.6. The monoisotopic (exact) mass is 362 g/mol. The van der Waals surface area contributed by atoms with E-state index in [1.807, 2.05) is 7.05 Å². The molecule has 3 nitrogen and oxygen atoms in total. The summed E-state index contributed by atoms with van der Waals surface area (Å²) in [5.41, 5.74) is 1.98. The number of rotatable bonds is 4. The van der Waals surface area contributed by atoms with Crippen molar-refractivity contribution in [2.24, 2.45) is 7.05 Å². The molecule has 0 atom stereocenters. The van der Waals surface area contributed by atoms with Crippen LogP contribution in [0, 0.1) is 0 Å². The van der Waals surface area contributed by atoms with E-state index in [1.54, 1.807) is 22.9 Å². The molecule has 0 saturated heterocycles. The molecule has 0 aliphatic heterocycles. The number of ether oxygens (including phenoxy) is 1. The summed E-state index contributed by atoms with van der Waals surface area (Å²) >= 11 is 15.6. The molecule has 0 unspecified atom stereocenters. The van der Waals surface area contributed by atoms with Crippen molar-refractivity contribution in [1.82, 2.24) is 9.78 Å². The molecular weight excluding hydrogens is 351 g/mol. The first-order valence-electron chi connectivity index (χ1n) is 5.81. The maximum Gasteiger partial charge on any atom is 0.140 e. The lowest BCUT2D eigenvalue weighted by Gasteiger charge is -2.09. The maximum absolute atomic E-state index is 6.08. The van der Waals surface area contributed by atoms with E-state index < -0.39 is 0 Å². The van der Waals surface area contributed by atoms with Gasteiger partial charge in [-0.05, 0) is 34.5 Å². The van der Waals surface area contributed by atoms with Crippen LogP contribution in [0.3, 0.4) is 0 Å². The Balaban J connectivity index is 2.19. The molecule has 102 valence electrons. The Morgan fingerprint density at radius 1 is 1.37 bits per heavy atom. The molecule has 2 rings (SSSR count). The highest BCUT2D eigenvalue weighted by atomic mass is 79.9. The van der Waals surface area contributed by atoms with Gasteiger partial charge in [-0.3, -0.25) is 4.68 Å². The molecule has 2 aromatic rings. The molecule has 0 spiro atoms. The summed E-state index contributed by atoms with van der Waals surface area (Å²) in [6, 6.07) is 5.32. The standard InChI is InChI=1S/C13H13BrCl2N2O/c1-3-9-12(14)10(18(2)17-9)7-19-11-6-4-5-8(15)13(11)16/h4-6H,3,7H2,1-2H3. The van der Waals surface area contributed by atoms with Gasteiger partial charge in [0.1, 0.15) is 17.4 Å². The summed E-state index contributed by atoms with van der Waals surface area (Å²) in [5, 5.41) is 5.32. The van der Waals surface area contributed by atoms with Crippen molar-refractivity contribution in [3.05, 3.63) is 44.1 Å². The Kier molecular flexibility index (Phi) is 4.76. The number of halogens is 3. The molecule has 6 heteroatoms. The first-order chi connectivity index (χ1) is 9.04. The van der Waals surface area contributed by atoms with Crippen molar-refractivity contribution in [1.29, 1.82) is 0 Å². The van der Waals surface area contributed by atoms with Gasteiger partial charge in [-0.25, -0.2) is 0 Å². The fourth-order valence-electron chi connectivity index (χ4n) is 1.72. The molecule has 0 amide bonds. The van der Waals surface area contributed by atoms with Crippen LogP contribution in [0.15, 0.2) is 22.7 Å². The van der Waals surface area contributed by atoms with Gasteiger partial charge in [-0.15, -0.1) is 0 Å². The van der Waals surface area contributed by atoms with E-state index in [0.717, 1.165) is 22.3 Å². The Morgan fingerprint density at radius 3 is 2.74 bits per heavy atom. The van der Waals surface area contributed by atoms with Crippen LogP contribution in [0.5, 0.6) is 5.75 Å². The second-order valence-corrected chi connectivity index (χ2v) is 5.60.